The molecule has 0 saturated carbocycles. The minimum atomic E-state index is -0.185. The Morgan fingerprint density at radius 2 is 2.21 bits per heavy atom. The summed E-state index contributed by atoms with van der Waals surface area (Å²) in [6, 6.07) is 5.35. The monoisotopic (exact) mass is 348 g/mol. The summed E-state index contributed by atoms with van der Waals surface area (Å²) >= 11 is 9.41. The minimum absolute atomic E-state index is 0.0353. The van der Waals surface area contributed by atoms with Crippen molar-refractivity contribution in [3.8, 4) is 0 Å². The maximum absolute atomic E-state index is 11.9. The van der Waals surface area contributed by atoms with Crippen LogP contribution in [0, 0.1) is 0 Å². The first kappa shape index (κ1) is 16.3. The van der Waals surface area contributed by atoms with E-state index in [1.54, 1.807) is 11.0 Å². The number of nitrogens with one attached hydrogen (secondary N) is 1. The molecule has 0 aliphatic rings. The zero-order valence-electron chi connectivity index (χ0n) is 10.8. The standard InChI is InChI=1S/C13H18BrClN2O2/c1-2-5-17(6-7-18)13(19)16-9-10-3-4-11(14)8-12(10)15/h3-4,8,18H,2,5-7,9H2,1H3,(H,16,19). The Kier molecular flexibility index (Phi) is 7.20. The average molecular weight is 350 g/mol. The molecule has 0 saturated heterocycles. The van der Waals surface area contributed by atoms with Crippen LogP contribution in [0.5, 0.6) is 0 Å². The summed E-state index contributed by atoms with van der Waals surface area (Å²) < 4.78 is 0.903. The quantitative estimate of drug-likeness (QED) is 0.829. The molecule has 1 rings (SSSR count). The van der Waals surface area contributed by atoms with Crippen LogP contribution in [0.15, 0.2) is 22.7 Å². The van der Waals surface area contributed by atoms with Gasteiger partial charge in [-0.2, -0.15) is 0 Å². The minimum Gasteiger partial charge on any atom is -0.395 e. The Labute approximate surface area is 126 Å². The van der Waals surface area contributed by atoms with E-state index in [-0.39, 0.29) is 12.6 Å². The number of halogens is 2. The van der Waals surface area contributed by atoms with Gasteiger partial charge in [-0.25, -0.2) is 4.79 Å². The van der Waals surface area contributed by atoms with E-state index < -0.39 is 0 Å². The molecule has 0 spiro atoms. The van der Waals surface area contributed by atoms with Gasteiger partial charge in [-0.05, 0) is 24.1 Å². The summed E-state index contributed by atoms with van der Waals surface area (Å²) in [6.45, 7) is 3.29. The van der Waals surface area contributed by atoms with Gasteiger partial charge in [-0.1, -0.05) is 40.5 Å². The molecular formula is C13H18BrClN2O2. The molecule has 0 unspecified atom stereocenters. The van der Waals surface area contributed by atoms with E-state index in [9.17, 15) is 4.79 Å². The molecule has 0 heterocycles. The van der Waals surface area contributed by atoms with Crippen molar-refractivity contribution in [2.24, 2.45) is 0 Å². The van der Waals surface area contributed by atoms with Crippen molar-refractivity contribution in [1.29, 1.82) is 0 Å². The third-order valence-electron chi connectivity index (χ3n) is 2.60. The van der Waals surface area contributed by atoms with Crippen LogP contribution < -0.4 is 5.32 Å². The van der Waals surface area contributed by atoms with Crippen LogP contribution in [-0.2, 0) is 6.54 Å². The molecule has 106 valence electrons. The normalized spacial score (nSPS) is 10.3. The average Bonchev–Trinajstić information content (AvgIpc) is 2.37. The predicted molar refractivity (Wildman–Crippen MR) is 80.3 cm³/mol. The highest BCUT2D eigenvalue weighted by Gasteiger charge is 2.11. The lowest BCUT2D eigenvalue weighted by Crippen LogP contribution is -2.41. The van der Waals surface area contributed by atoms with Crippen LogP contribution >= 0.6 is 27.5 Å². The van der Waals surface area contributed by atoms with Crippen molar-refractivity contribution in [3.63, 3.8) is 0 Å². The summed E-state index contributed by atoms with van der Waals surface area (Å²) in [5.74, 6) is 0. The molecule has 1 aromatic carbocycles. The second-order valence-corrected chi connectivity index (χ2v) is 5.43. The second kappa shape index (κ2) is 8.40. The number of nitrogens with zero attached hydrogens (tertiary/aromatic N) is 1. The first-order valence-electron chi connectivity index (χ1n) is 6.16. The van der Waals surface area contributed by atoms with Crippen LogP contribution in [0.2, 0.25) is 5.02 Å². The van der Waals surface area contributed by atoms with Crippen molar-refractivity contribution in [2.45, 2.75) is 19.9 Å². The molecule has 0 aliphatic heterocycles. The van der Waals surface area contributed by atoms with Gasteiger partial charge in [0.1, 0.15) is 0 Å². The molecular weight excluding hydrogens is 332 g/mol. The fourth-order valence-electron chi connectivity index (χ4n) is 1.65. The Morgan fingerprint density at radius 1 is 1.47 bits per heavy atom. The van der Waals surface area contributed by atoms with E-state index in [2.05, 4.69) is 21.2 Å². The third-order valence-corrected chi connectivity index (χ3v) is 3.44. The first-order valence-corrected chi connectivity index (χ1v) is 7.33. The molecule has 0 bridgehead atoms. The number of aliphatic hydroxyl groups excluding tert-OH is 1. The molecule has 19 heavy (non-hydrogen) atoms. The molecule has 0 radical (unpaired) electrons. The third kappa shape index (κ3) is 5.38. The fourth-order valence-corrected chi connectivity index (χ4v) is 2.39. The molecule has 6 heteroatoms. The van der Waals surface area contributed by atoms with Crippen molar-refractivity contribution in [2.75, 3.05) is 19.7 Å². The van der Waals surface area contributed by atoms with Gasteiger partial charge in [-0.3, -0.25) is 0 Å². The summed E-state index contributed by atoms with van der Waals surface area (Å²) in [4.78, 5) is 13.5. The Morgan fingerprint density at radius 3 is 2.79 bits per heavy atom. The van der Waals surface area contributed by atoms with E-state index in [0.29, 0.717) is 24.7 Å². The van der Waals surface area contributed by atoms with E-state index >= 15 is 0 Å². The van der Waals surface area contributed by atoms with Gasteiger partial charge in [-0.15, -0.1) is 0 Å². The maximum Gasteiger partial charge on any atom is 0.317 e. The van der Waals surface area contributed by atoms with Gasteiger partial charge in [0, 0.05) is 29.1 Å². The SMILES string of the molecule is CCCN(CCO)C(=O)NCc1ccc(Br)cc1Cl. The van der Waals surface area contributed by atoms with Crippen molar-refractivity contribution < 1.29 is 9.90 Å². The maximum atomic E-state index is 11.9. The van der Waals surface area contributed by atoms with Crippen molar-refractivity contribution >= 4 is 33.6 Å². The van der Waals surface area contributed by atoms with Gasteiger partial charge in [0.25, 0.3) is 0 Å². The zero-order valence-corrected chi connectivity index (χ0v) is 13.2. The smallest absolute Gasteiger partial charge is 0.317 e. The van der Waals surface area contributed by atoms with Crippen LogP contribution in [0.3, 0.4) is 0 Å². The molecule has 0 fully saturated rings. The largest absolute Gasteiger partial charge is 0.395 e. The number of amides is 2. The Bertz CT molecular complexity index is 423. The number of urea groups is 1. The van der Waals surface area contributed by atoms with E-state index in [1.165, 1.54) is 0 Å². The molecule has 0 aromatic heterocycles. The van der Waals surface area contributed by atoms with E-state index in [1.807, 2.05) is 19.1 Å². The second-order valence-electron chi connectivity index (χ2n) is 4.11. The van der Waals surface area contributed by atoms with Crippen molar-refractivity contribution in [3.05, 3.63) is 33.3 Å². The molecule has 2 N–H and O–H groups in total. The molecule has 1 aromatic rings. The van der Waals surface area contributed by atoms with Gasteiger partial charge < -0.3 is 15.3 Å². The summed E-state index contributed by atoms with van der Waals surface area (Å²) in [6.07, 6.45) is 0.854. The van der Waals surface area contributed by atoms with Crippen LogP contribution in [0.25, 0.3) is 0 Å². The van der Waals surface area contributed by atoms with Gasteiger partial charge in [0.15, 0.2) is 0 Å². The Hall–Kier alpha value is -0.780. The fraction of sp³-hybridized carbons (Fsp3) is 0.462. The van der Waals surface area contributed by atoms with Crippen molar-refractivity contribution in [1.82, 2.24) is 10.2 Å². The van der Waals surface area contributed by atoms with Crippen LogP contribution in [-0.4, -0.2) is 35.7 Å². The van der Waals surface area contributed by atoms with Gasteiger partial charge >= 0.3 is 6.03 Å². The highest BCUT2D eigenvalue weighted by Crippen LogP contribution is 2.21. The highest BCUT2D eigenvalue weighted by molar-refractivity contribution is 9.10. The number of aliphatic hydroxyl groups is 1. The summed E-state index contributed by atoms with van der Waals surface area (Å²) in [7, 11) is 0. The molecule has 4 nitrogen and oxygen atoms in total. The lowest BCUT2D eigenvalue weighted by molar-refractivity contribution is 0.177. The van der Waals surface area contributed by atoms with Gasteiger partial charge in [0.2, 0.25) is 0 Å². The lowest BCUT2D eigenvalue weighted by Gasteiger charge is -2.21. The predicted octanol–water partition coefficient (Wildman–Crippen LogP) is 3.02. The number of benzene rings is 1. The number of hydrogen-bond acceptors (Lipinski definition) is 2. The topological polar surface area (TPSA) is 52.6 Å². The van der Waals surface area contributed by atoms with Gasteiger partial charge in [0.05, 0.1) is 6.61 Å². The molecule has 0 atom stereocenters. The lowest BCUT2D eigenvalue weighted by atomic mass is 10.2. The number of carbonyl (C=O) groups excluding carboxylic acids is 1. The first-order chi connectivity index (χ1) is 9.08. The number of rotatable bonds is 6. The highest BCUT2D eigenvalue weighted by atomic mass is 79.9. The Balaban J connectivity index is 2.56. The van der Waals surface area contributed by atoms with E-state index in [0.717, 1.165) is 16.5 Å². The molecule has 2 amide bonds. The van der Waals surface area contributed by atoms with Crippen LogP contribution in [0.1, 0.15) is 18.9 Å². The van der Waals surface area contributed by atoms with E-state index in [4.69, 9.17) is 16.7 Å². The number of carbonyl (C=O) groups is 1. The number of hydrogen-bond donors (Lipinski definition) is 2. The zero-order chi connectivity index (χ0) is 14.3. The van der Waals surface area contributed by atoms with Crippen LogP contribution in [0.4, 0.5) is 4.79 Å². The molecule has 0 aliphatic carbocycles. The summed E-state index contributed by atoms with van der Waals surface area (Å²) in [5, 5.41) is 12.3. The summed E-state index contributed by atoms with van der Waals surface area (Å²) in [5.41, 5.74) is 0.860.